The van der Waals surface area contributed by atoms with Gasteiger partial charge in [-0.3, -0.25) is 15.0 Å². The zero-order chi connectivity index (χ0) is 15.4. The molecule has 0 fully saturated rings. The van der Waals surface area contributed by atoms with Gasteiger partial charge in [-0.1, -0.05) is 0 Å². The summed E-state index contributed by atoms with van der Waals surface area (Å²) in [5.41, 5.74) is -1.41. The number of alkyl halides is 3. The van der Waals surface area contributed by atoms with Gasteiger partial charge in [-0.2, -0.15) is 13.2 Å². The zero-order valence-corrected chi connectivity index (χ0v) is 12.0. The molecule has 19 heavy (non-hydrogen) atoms. The lowest BCUT2D eigenvalue weighted by atomic mass is 9.99. The van der Waals surface area contributed by atoms with Crippen molar-refractivity contribution >= 4 is 5.97 Å². The summed E-state index contributed by atoms with van der Waals surface area (Å²) >= 11 is 0. The molecule has 0 rings (SSSR count). The van der Waals surface area contributed by atoms with Crippen LogP contribution >= 0.6 is 0 Å². The Morgan fingerprint density at radius 1 is 1.21 bits per heavy atom. The molecule has 0 bridgehead atoms. The molecule has 0 heterocycles. The number of rotatable bonds is 7. The molecule has 0 radical (unpaired) electrons. The average molecular weight is 284 g/mol. The predicted octanol–water partition coefficient (Wildman–Crippen LogP) is 2.10. The monoisotopic (exact) mass is 284 g/mol. The molecular formula is C12H23F3N2O2. The van der Waals surface area contributed by atoms with E-state index in [1.807, 2.05) is 0 Å². The molecule has 0 aromatic rings. The highest BCUT2D eigenvalue weighted by molar-refractivity contribution is 5.78. The van der Waals surface area contributed by atoms with E-state index in [2.05, 4.69) is 5.32 Å². The number of aliphatic carboxylic acids is 1. The van der Waals surface area contributed by atoms with Crippen LogP contribution in [0.25, 0.3) is 0 Å². The van der Waals surface area contributed by atoms with Gasteiger partial charge in [0.2, 0.25) is 0 Å². The minimum atomic E-state index is -4.35. The molecule has 0 aromatic heterocycles. The van der Waals surface area contributed by atoms with Crippen molar-refractivity contribution in [2.45, 2.75) is 58.4 Å². The van der Waals surface area contributed by atoms with Crippen molar-refractivity contribution in [1.29, 1.82) is 0 Å². The maximum atomic E-state index is 12.5. The number of halogens is 3. The van der Waals surface area contributed by atoms with Crippen LogP contribution in [0.2, 0.25) is 0 Å². The Bertz CT molecular complexity index is 306. The van der Waals surface area contributed by atoms with Gasteiger partial charge in [-0.05, 0) is 34.6 Å². The second-order valence-electron chi connectivity index (χ2n) is 5.55. The first-order chi connectivity index (χ1) is 8.37. The van der Waals surface area contributed by atoms with Crippen LogP contribution in [0.5, 0.6) is 0 Å². The Labute approximate surface area is 112 Å². The van der Waals surface area contributed by atoms with Crippen molar-refractivity contribution in [2.75, 3.05) is 13.1 Å². The van der Waals surface area contributed by atoms with E-state index in [4.69, 9.17) is 0 Å². The van der Waals surface area contributed by atoms with E-state index in [0.29, 0.717) is 0 Å². The molecule has 1 atom stereocenters. The molecular weight excluding hydrogens is 261 g/mol. The molecule has 0 saturated carbocycles. The van der Waals surface area contributed by atoms with Gasteiger partial charge in [0, 0.05) is 18.6 Å². The van der Waals surface area contributed by atoms with E-state index in [9.17, 15) is 23.1 Å². The summed E-state index contributed by atoms with van der Waals surface area (Å²) < 4.78 is 37.5. The summed E-state index contributed by atoms with van der Waals surface area (Å²) in [6.45, 7) is 6.81. The quantitative estimate of drug-likeness (QED) is 0.752. The van der Waals surface area contributed by atoms with Gasteiger partial charge in [0.25, 0.3) is 0 Å². The first-order valence-corrected chi connectivity index (χ1v) is 6.19. The molecule has 1 unspecified atom stereocenters. The van der Waals surface area contributed by atoms with Crippen LogP contribution in [0.1, 0.15) is 34.6 Å². The van der Waals surface area contributed by atoms with E-state index in [1.54, 1.807) is 27.7 Å². The lowest BCUT2D eigenvalue weighted by Crippen LogP contribution is -2.60. The highest BCUT2D eigenvalue weighted by Gasteiger charge is 2.40. The van der Waals surface area contributed by atoms with Gasteiger partial charge >= 0.3 is 12.1 Å². The van der Waals surface area contributed by atoms with Gasteiger partial charge < -0.3 is 5.11 Å². The third-order valence-corrected chi connectivity index (χ3v) is 2.71. The van der Waals surface area contributed by atoms with Crippen molar-refractivity contribution in [3.8, 4) is 0 Å². The van der Waals surface area contributed by atoms with Crippen molar-refractivity contribution in [3.05, 3.63) is 0 Å². The molecule has 0 aliphatic rings. The zero-order valence-electron chi connectivity index (χ0n) is 12.0. The third kappa shape index (κ3) is 6.77. The summed E-state index contributed by atoms with van der Waals surface area (Å²) in [4.78, 5) is 12.4. The third-order valence-electron chi connectivity index (χ3n) is 2.71. The Balaban J connectivity index is 5.00. The summed E-state index contributed by atoms with van der Waals surface area (Å²) in [7, 11) is 0. The maximum absolute atomic E-state index is 12.5. The van der Waals surface area contributed by atoms with Crippen LogP contribution in [0.4, 0.5) is 13.2 Å². The molecule has 7 heteroatoms. The van der Waals surface area contributed by atoms with E-state index in [-0.39, 0.29) is 12.6 Å². The number of hydrogen-bond donors (Lipinski definition) is 2. The van der Waals surface area contributed by atoms with Crippen molar-refractivity contribution in [2.24, 2.45) is 0 Å². The lowest BCUT2D eigenvalue weighted by molar-refractivity contribution is -0.158. The second kappa shape index (κ2) is 6.56. The highest BCUT2D eigenvalue weighted by Crippen LogP contribution is 2.20. The highest BCUT2D eigenvalue weighted by atomic mass is 19.4. The van der Waals surface area contributed by atoms with Crippen LogP contribution in [-0.4, -0.2) is 52.9 Å². The summed E-state index contributed by atoms with van der Waals surface area (Å²) in [6.07, 6.45) is -4.35. The molecule has 0 amide bonds. The van der Waals surface area contributed by atoms with Crippen LogP contribution < -0.4 is 5.32 Å². The lowest BCUT2D eigenvalue weighted by Gasteiger charge is -2.36. The van der Waals surface area contributed by atoms with Gasteiger partial charge in [-0.15, -0.1) is 0 Å². The fourth-order valence-electron chi connectivity index (χ4n) is 1.87. The fraction of sp³-hybridized carbons (Fsp3) is 0.917. The Morgan fingerprint density at radius 3 is 1.95 bits per heavy atom. The second-order valence-corrected chi connectivity index (χ2v) is 5.55. The summed E-state index contributed by atoms with van der Waals surface area (Å²) in [6, 6.07) is -0.532. The average Bonchev–Trinajstić information content (AvgIpc) is 2.12. The van der Waals surface area contributed by atoms with Gasteiger partial charge in [-0.25, -0.2) is 0 Å². The van der Waals surface area contributed by atoms with Crippen molar-refractivity contribution in [1.82, 2.24) is 10.2 Å². The topological polar surface area (TPSA) is 52.6 Å². The molecule has 0 saturated heterocycles. The molecule has 4 nitrogen and oxygen atoms in total. The summed E-state index contributed by atoms with van der Waals surface area (Å²) in [5.74, 6) is -1.16. The number of nitrogens with one attached hydrogen (secondary N) is 1. The van der Waals surface area contributed by atoms with Gasteiger partial charge in [0.15, 0.2) is 0 Å². The number of carboxylic acid groups (broad SMARTS) is 1. The van der Waals surface area contributed by atoms with E-state index in [1.165, 1.54) is 6.92 Å². The maximum Gasteiger partial charge on any atom is 0.401 e. The molecule has 0 aliphatic carbocycles. The SMILES string of the molecule is CC(C)NC(C)(CN(CC(F)(F)F)C(C)C)C(=O)O. The van der Waals surface area contributed by atoms with Gasteiger partial charge in [0.05, 0.1) is 6.54 Å². The smallest absolute Gasteiger partial charge is 0.401 e. The standard InChI is InChI=1S/C12H23F3N2O2/c1-8(2)16-11(5,10(18)19)6-17(9(3)4)7-12(13,14)15/h8-9,16H,6-7H2,1-5H3,(H,18,19). The van der Waals surface area contributed by atoms with E-state index in [0.717, 1.165) is 4.90 Å². The van der Waals surface area contributed by atoms with Crippen LogP contribution in [-0.2, 0) is 4.79 Å². The van der Waals surface area contributed by atoms with Crippen molar-refractivity contribution in [3.63, 3.8) is 0 Å². The minimum absolute atomic E-state index is 0.138. The number of hydrogen-bond acceptors (Lipinski definition) is 3. The van der Waals surface area contributed by atoms with Crippen LogP contribution in [0.15, 0.2) is 0 Å². The molecule has 114 valence electrons. The summed E-state index contributed by atoms with van der Waals surface area (Å²) in [5, 5.41) is 12.1. The van der Waals surface area contributed by atoms with E-state index < -0.39 is 30.3 Å². The molecule has 0 aromatic carbocycles. The number of carboxylic acids is 1. The first kappa shape index (κ1) is 18.2. The van der Waals surface area contributed by atoms with Crippen LogP contribution in [0, 0.1) is 0 Å². The Morgan fingerprint density at radius 2 is 1.68 bits per heavy atom. The normalized spacial score (nSPS) is 16.2. The molecule has 0 aliphatic heterocycles. The first-order valence-electron chi connectivity index (χ1n) is 6.19. The predicted molar refractivity (Wildman–Crippen MR) is 67.1 cm³/mol. The minimum Gasteiger partial charge on any atom is -0.480 e. The largest absolute Gasteiger partial charge is 0.480 e. The van der Waals surface area contributed by atoms with E-state index >= 15 is 0 Å². The fourth-order valence-corrected chi connectivity index (χ4v) is 1.87. The van der Waals surface area contributed by atoms with Crippen molar-refractivity contribution < 1.29 is 23.1 Å². The Kier molecular flexibility index (Phi) is 6.28. The molecule has 0 spiro atoms. The van der Waals surface area contributed by atoms with Crippen LogP contribution in [0.3, 0.4) is 0 Å². The number of nitrogens with zero attached hydrogens (tertiary/aromatic N) is 1. The molecule has 2 N–H and O–H groups in total. The number of carbonyl (C=O) groups is 1. The Hall–Kier alpha value is -0.820. The van der Waals surface area contributed by atoms with Gasteiger partial charge in [0.1, 0.15) is 5.54 Å².